The highest BCUT2D eigenvalue weighted by molar-refractivity contribution is 7.09. The lowest BCUT2D eigenvalue weighted by atomic mass is 10.5. The molecule has 0 N–H and O–H groups in total. The lowest BCUT2D eigenvalue weighted by molar-refractivity contribution is 1.08. The number of rotatable bonds is 1. The van der Waals surface area contributed by atoms with Gasteiger partial charge in [0, 0.05) is 5.92 Å². The summed E-state index contributed by atoms with van der Waals surface area (Å²) in [5, 5.41) is 4.08. The predicted octanol–water partition coefficient (Wildman–Crippen LogP) is 1.62. The van der Waals surface area contributed by atoms with Crippen LogP contribution in [0.3, 0.4) is 0 Å². The van der Waals surface area contributed by atoms with E-state index in [-0.39, 0.29) is 0 Å². The zero-order valence-electron chi connectivity index (χ0n) is 4.35. The van der Waals surface area contributed by atoms with E-state index in [4.69, 9.17) is 0 Å². The van der Waals surface area contributed by atoms with Crippen LogP contribution in [-0.4, -0.2) is 4.98 Å². The Hall–Kier alpha value is -0.370. The molecule has 1 saturated carbocycles. The van der Waals surface area contributed by atoms with Gasteiger partial charge in [0.1, 0.15) is 6.20 Å². The summed E-state index contributed by atoms with van der Waals surface area (Å²) in [5.41, 5.74) is 0. The Bertz CT molecular complexity index is 165. The van der Waals surface area contributed by atoms with E-state index < -0.39 is 0 Å². The molecule has 1 aromatic heterocycles. The summed E-state index contributed by atoms with van der Waals surface area (Å²) in [4.78, 5) is 4.02. The third kappa shape index (κ3) is 0.650. The van der Waals surface area contributed by atoms with E-state index in [1.165, 1.54) is 17.8 Å². The molecule has 0 atom stereocenters. The second-order valence-corrected chi connectivity index (χ2v) is 2.87. The van der Waals surface area contributed by atoms with Gasteiger partial charge in [-0.15, -0.1) is 11.3 Å². The first kappa shape index (κ1) is 4.50. The zero-order chi connectivity index (χ0) is 5.40. The molecule has 1 heterocycles. The van der Waals surface area contributed by atoms with Crippen LogP contribution in [0.2, 0.25) is 0 Å². The molecule has 0 unspecified atom stereocenters. The fourth-order valence-corrected chi connectivity index (χ4v) is 1.37. The van der Waals surface area contributed by atoms with Crippen LogP contribution >= 0.6 is 11.3 Å². The minimum Gasteiger partial charge on any atom is -0.239 e. The molecule has 1 aromatic rings. The average molecular weight is 123 g/mol. The Kier molecular flexibility index (Phi) is 0.875. The highest BCUT2D eigenvalue weighted by atomic mass is 32.1. The van der Waals surface area contributed by atoms with Crippen molar-refractivity contribution in [1.82, 2.24) is 4.98 Å². The first-order valence-corrected chi connectivity index (χ1v) is 3.53. The van der Waals surface area contributed by atoms with Gasteiger partial charge in [-0.25, -0.2) is 4.98 Å². The summed E-state index contributed by atoms with van der Waals surface area (Å²) in [6, 6.07) is 0. The van der Waals surface area contributed by atoms with E-state index in [2.05, 4.69) is 16.6 Å². The van der Waals surface area contributed by atoms with Crippen LogP contribution in [0.15, 0.2) is 0 Å². The van der Waals surface area contributed by atoms with E-state index in [0.717, 1.165) is 5.92 Å². The largest absolute Gasteiger partial charge is 0.239 e. The quantitative estimate of drug-likeness (QED) is 0.553. The van der Waals surface area contributed by atoms with Crippen molar-refractivity contribution in [2.75, 3.05) is 0 Å². The van der Waals surface area contributed by atoms with E-state index in [9.17, 15) is 0 Å². The number of hydrogen-bond donors (Lipinski definition) is 0. The molecule has 2 radical (unpaired) electrons. The Balaban J connectivity index is 2.28. The average Bonchev–Trinajstić information content (AvgIpc) is 2.49. The smallest absolute Gasteiger partial charge is 0.110 e. The predicted molar refractivity (Wildman–Crippen MR) is 31.8 cm³/mol. The van der Waals surface area contributed by atoms with Gasteiger partial charge in [0.05, 0.1) is 10.4 Å². The molecule has 2 rings (SSSR count). The highest BCUT2D eigenvalue weighted by Gasteiger charge is 2.25. The van der Waals surface area contributed by atoms with Gasteiger partial charge in [-0.3, -0.25) is 0 Å². The third-order valence-corrected chi connectivity index (χ3v) is 2.12. The maximum absolute atomic E-state index is 4.02. The molecule has 0 spiro atoms. The first-order valence-electron chi connectivity index (χ1n) is 2.71. The molecule has 0 saturated heterocycles. The van der Waals surface area contributed by atoms with Gasteiger partial charge in [0.25, 0.3) is 0 Å². The normalized spacial score (nSPS) is 19.0. The van der Waals surface area contributed by atoms with E-state index in [1.54, 1.807) is 11.3 Å². The molecule has 0 amide bonds. The number of aromatic nitrogens is 1. The Morgan fingerprint density at radius 1 is 1.62 bits per heavy atom. The summed E-state index contributed by atoms with van der Waals surface area (Å²) < 4.78 is 0. The number of nitrogens with zero attached hydrogens (tertiary/aromatic N) is 1. The summed E-state index contributed by atoms with van der Waals surface area (Å²) in [5.74, 6) is 0.780. The van der Waals surface area contributed by atoms with E-state index >= 15 is 0 Å². The van der Waals surface area contributed by atoms with Gasteiger partial charge in [-0.1, -0.05) is 0 Å². The molecule has 8 heavy (non-hydrogen) atoms. The zero-order valence-corrected chi connectivity index (χ0v) is 5.16. The van der Waals surface area contributed by atoms with Crippen molar-refractivity contribution in [3.63, 3.8) is 0 Å². The molecule has 2 heteroatoms. The van der Waals surface area contributed by atoms with Crippen LogP contribution in [0.4, 0.5) is 0 Å². The second-order valence-electron chi connectivity index (χ2n) is 2.04. The first-order chi connectivity index (χ1) is 3.97. The minimum atomic E-state index is 0.780. The van der Waals surface area contributed by atoms with Crippen molar-refractivity contribution in [2.45, 2.75) is 18.8 Å². The molecule has 0 aliphatic heterocycles. The Morgan fingerprint density at radius 2 is 2.50 bits per heavy atom. The van der Waals surface area contributed by atoms with Crippen LogP contribution in [0.1, 0.15) is 23.8 Å². The Labute approximate surface area is 52.4 Å². The molecule has 0 aromatic carbocycles. The number of thiazole rings is 1. The maximum Gasteiger partial charge on any atom is 0.110 e. The van der Waals surface area contributed by atoms with E-state index in [1.807, 2.05) is 0 Å². The SMILES string of the molecule is [c]1[c]sc(C2CC2)n1. The molecule has 1 aliphatic carbocycles. The second kappa shape index (κ2) is 1.55. The molecular weight excluding hydrogens is 118 g/mol. The van der Waals surface area contributed by atoms with Crippen molar-refractivity contribution in [2.24, 2.45) is 0 Å². The van der Waals surface area contributed by atoms with Gasteiger partial charge < -0.3 is 0 Å². The van der Waals surface area contributed by atoms with Gasteiger partial charge >= 0.3 is 0 Å². The minimum absolute atomic E-state index is 0.780. The van der Waals surface area contributed by atoms with Gasteiger partial charge in [-0.05, 0) is 12.8 Å². The highest BCUT2D eigenvalue weighted by Crippen LogP contribution is 2.40. The number of hydrogen-bond acceptors (Lipinski definition) is 2. The standard InChI is InChI=1S/C6H5NS/c1-2-5(1)6-7-3-4-8-6/h5H,1-2H2. The topological polar surface area (TPSA) is 12.9 Å². The molecule has 1 fully saturated rings. The monoisotopic (exact) mass is 123 g/mol. The molecule has 40 valence electrons. The van der Waals surface area contributed by atoms with Crippen LogP contribution in [0.5, 0.6) is 0 Å². The van der Waals surface area contributed by atoms with Crippen molar-refractivity contribution >= 4 is 11.3 Å². The van der Waals surface area contributed by atoms with E-state index in [0.29, 0.717) is 0 Å². The fourth-order valence-electron chi connectivity index (χ4n) is 0.681. The molecular formula is C6H5NS. The maximum atomic E-state index is 4.02. The summed E-state index contributed by atoms with van der Waals surface area (Å²) >= 11 is 1.60. The van der Waals surface area contributed by atoms with Gasteiger partial charge in [0.2, 0.25) is 0 Å². The fraction of sp³-hybridized carbons (Fsp3) is 0.500. The van der Waals surface area contributed by atoms with Crippen LogP contribution in [0.25, 0.3) is 0 Å². The van der Waals surface area contributed by atoms with Crippen molar-refractivity contribution in [3.8, 4) is 0 Å². The molecule has 1 aliphatic rings. The molecule has 0 bridgehead atoms. The van der Waals surface area contributed by atoms with Crippen LogP contribution in [-0.2, 0) is 0 Å². The lowest BCUT2D eigenvalue weighted by Crippen LogP contribution is -1.70. The van der Waals surface area contributed by atoms with Crippen molar-refractivity contribution in [3.05, 3.63) is 16.6 Å². The molecule has 1 nitrogen and oxygen atoms in total. The Morgan fingerprint density at radius 3 is 3.00 bits per heavy atom. The summed E-state index contributed by atoms with van der Waals surface area (Å²) in [6.45, 7) is 0. The van der Waals surface area contributed by atoms with Crippen LogP contribution < -0.4 is 0 Å². The lowest BCUT2D eigenvalue weighted by Gasteiger charge is -1.80. The van der Waals surface area contributed by atoms with Crippen molar-refractivity contribution in [1.29, 1.82) is 0 Å². The summed E-state index contributed by atoms with van der Waals surface area (Å²) in [7, 11) is 0. The van der Waals surface area contributed by atoms with Gasteiger partial charge in [-0.2, -0.15) is 0 Å². The van der Waals surface area contributed by atoms with Crippen molar-refractivity contribution < 1.29 is 0 Å². The van der Waals surface area contributed by atoms with Crippen LogP contribution in [0, 0.1) is 11.6 Å². The summed E-state index contributed by atoms with van der Waals surface area (Å²) in [6.07, 6.45) is 5.35. The third-order valence-electron chi connectivity index (χ3n) is 1.29. The van der Waals surface area contributed by atoms with Gasteiger partial charge in [0.15, 0.2) is 0 Å².